The van der Waals surface area contributed by atoms with Crippen LogP contribution in [0.2, 0.25) is 0 Å². The van der Waals surface area contributed by atoms with Gasteiger partial charge in [0.1, 0.15) is 11.5 Å². The Morgan fingerprint density at radius 3 is 2.15 bits per heavy atom. The van der Waals surface area contributed by atoms with Gasteiger partial charge in [-0.3, -0.25) is 14.3 Å². The molecule has 0 spiro atoms. The topological polar surface area (TPSA) is 166 Å². The lowest BCUT2D eigenvalue weighted by atomic mass is 10.1. The Kier molecular flexibility index (Phi) is 8.38. The smallest absolute Gasteiger partial charge is 0.330 e. The molecule has 2 rings (SSSR count). The molecule has 0 bridgehead atoms. The third kappa shape index (κ3) is 5.86. The molecule has 12 heteroatoms. The highest BCUT2D eigenvalue weighted by molar-refractivity contribution is 6.51. The largest absolute Gasteiger partial charge is 0.394 e. The molecule has 150 valence electrons. The molecule has 0 fully saturated rings. The van der Waals surface area contributed by atoms with E-state index in [9.17, 15) is 9.59 Å². The van der Waals surface area contributed by atoms with E-state index in [1.54, 1.807) is 0 Å². The van der Waals surface area contributed by atoms with E-state index >= 15 is 0 Å². The minimum atomic E-state index is -1.46. The molecule has 1 aliphatic heterocycles. The fraction of sp³-hybridized carbons (Fsp3) is 0.714. The van der Waals surface area contributed by atoms with Gasteiger partial charge in [0, 0.05) is 6.54 Å². The van der Waals surface area contributed by atoms with Crippen molar-refractivity contribution in [2.24, 2.45) is 5.73 Å². The van der Waals surface area contributed by atoms with Crippen LogP contribution in [0.1, 0.15) is 26.2 Å². The van der Waals surface area contributed by atoms with Gasteiger partial charge in [-0.15, -0.1) is 0 Å². The van der Waals surface area contributed by atoms with Gasteiger partial charge in [-0.25, -0.2) is 4.79 Å². The molecular formula is C14H25Cl2N5O5. The zero-order valence-corrected chi connectivity index (χ0v) is 15.9. The van der Waals surface area contributed by atoms with Crippen LogP contribution in [0.25, 0.3) is 0 Å². The van der Waals surface area contributed by atoms with Gasteiger partial charge in [0.15, 0.2) is 0 Å². The zero-order chi connectivity index (χ0) is 20.0. The van der Waals surface area contributed by atoms with Gasteiger partial charge in [0.05, 0.1) is 25.4 Å². The minimum Gasteiger partial charge on any atom is -0.394 e. The van der Waals surface area contributed by atoms with Crippen LogP contribution in [-0.2, 0) is 6.54 Å². The summed E-state index contributed by atoms with van der Waals surface area (Å²) in [6.45, 7) is 1.37. The average Bonchev–Trinajstić information content (AvgIpc) is 2.93. The third-order valence-corrected chi connectivity index (χ3v) is 4.06. The van der Waals surface area contributed by atoms with E-state index in [-0.39, 0.29) is 5.69 Å². The summed E-state index contributed by atoms with van der Waals surface area (Å²) < 4.78 is -0.0263. The van der Waals surface area contributed by atoms with Gasteiger partial charge >= 0.3 is 5.69 Å². The molecule has 0 aromatic carbocycles. The maximum absolute atomic E-state index is 11.8. The van der Waals surface area contributed by atoms with E-state index in [4.69, 9.17) is 44.3 Å². The Morgan fingerprint density at radius 1 is 1.12 bits per heavy atom. The molecule has 8 N–H and O–H groups in total. The number of aromatic nitrogens is 2. The van der Waals surface area contributed by atoms with E-state index in [0.29, 0.717) is 12.4 Å². The standard InChI is InChI=1S/C10H14Cl2N4O2.C4H11NO3/c1-2-3-4-5-16-7-6(8(17)13-9(16)18)14-10(11,12)15-7;5-4(1-6,2-7)3-8/h14-15H,2-5H2,1H3,(H,13,17,18);6-8H,1-3,5H2. The van der Waals surface area contributed by atoms with Crippen molar-refractivity contribution in [1.29, 1.82) is 0 Å². The molecule has 1 aliphatic rings. The predicted octanol–water partition coefficient (Wildman–Crippen LogP) is -0.686. The average molecular weight is 414 g/mol. The van der Waals surface area contributed by atoms with E-state index < -0.39 is 41.2 Å². The summed E-state index contributed by atoms with van der Waals surface area (Å²) in [5.74, 6) is 0.338. The van der Waals surface area contributed by atoms with E-state index in [0.717, 1.165) is 19.3 Å². The maximum Gasteiger partial charge on any atom is 0.330 e. The van der Waals surface area contributed by atoms with Gasteiger partial charge in [-0.05, 0) is 6.42 Å². The number of hydrogen-bond acceptors (Lipinski definition) is 8. The molecule has 0 unspecified atom stereocenters. The molecule has 26 heavy (non-hydrogen) atoms. The number of nitrogens with one attached hydrogen (secondary N) is 3. The Morgan fingerprint density at radius 2 is 1.69 bits per heavy atom. The minimum absolute atomic E-state index is 0.191. The number of aliphatic hydroxyl groups is 3. The van der Waals surface area contributed by atoms with Gasteiger partial charge in [-0.2, -0.15) is 0 Å². The quantitative estimate of drug-likeness (QED) is 0.175. The molecule has 0 saturated carbocycles. The van der Waals surface area contributed by atoms with Crippen molar-refractivity contribution in [1.82, 2.24) is 9.55 Å². The van der Waals surface area contributed by atoms with E-state index in [1.165, 1.54) is 4.57 Å². The van der Waals surface area contributed by atoms with Crippen molar-refractivity contribution in [2.75, 3.05) is 30.5 Å². The highest BCUT2D eigenvalue weighted by atomic mass is 35.5. The first-order valence-electron chi connectivity index (χ1n) is 8.05. The zero-order valence-electron chi connectivity index (χ0n) is 14.4. The number of aromatic amines is 1. The van der Waals surface area contributed by atoms with Crippen LogP contribution in [0.15, 0.2) is 9.59 Å². The Bertz CT molecular complexity index is 694. The summed E-state index contributed by atoms with van der Waals surface area (Å²) >= 11 is 11.7. The van der Waals surface area contributed by atoms with Crippen molar-refractivity contribution >= 4 is 34.7 Å². The lowest BCUT2D eigenvalue weighted by Crippen LogP contribution is -2.50. The Labute approximate surface area is 159 Å². The first kappa shape index (κ1) is 22.7. The first-order valence-corrected chi connectivity index (χ1v) is 8.81. The van der Waals surface area contributed by atoms with Crippen molar-refractivity contribution in [3.8, 4) is 0 Å². The van der Waals surface area contributed by atoms with Crippen molar-refractivity contribution in [2.45, 2.75) is 42.9 Å². The fourth-order valence-corrected chi connectivity index (χ4v) is 2.41. The summed E-state index contributed by atoms with van der Waals surface area (Å²) in [4.78, 5) is 25.6. The lowest BCUT2D eigenvalue weighted by molar-refractivity contribution is 0.0698. The molecule has 0 saturated heterocycles. The number of hydrogen-bond donors (Lipinski definition) is 7. The maximum atomic E-state index is 11.8. The van der Waals surface area contributed by atoms with Gasteiger partial charge in [-0.1, -0.05) is 43.0 Å². The van der Waals surface area contributed by atoms with Gasteiger partial charge < -0.3 is 31.7 Å². The number of unbranched alkanes of at least 4 members (excludes halogenated alkanes) is 2. The van der Waals surface area contributed by atoms with Crippen molar-refractivity contribution in [3.63, 3.8) is 0 Å². The van der Waals surface area contributed by atoms with Gasteiger partial charge in [0.2, 0.25) is 0 Å². The summed E-state index contributed by atoms with van der Waals surface area (Å²) in [5, 5.41) is 30.4. The first-order chi connectivity index (χ1) is 12.1. The Hall–Kier alpha value is -1.30. The number of rotatable bonds is 7. The number of aliphatic hydroxyl groups excluding tert-OH is 3. The summed E-state index contributed by atoms with van der Waals surface area (Å²) in [5.41, 5.74) is 3.14. The molecule has 1 aromatic rings. The van der Waals surface area contributed by atoms with Crippen LogP contribution in [-0.4, -0.2) is 54.8 Å². The molecule has 0 amide bonds. The molecule has 1 aromatic heterocycles. The summed E-state index contributed by atoms with van der Waals surface area (Å²) in [6.07, 6.45) is 2.88. The molecule has 10 nitrogen and oxygen atoms in total. The second kappa shape index (κ2) is 9.58. The second-order valence-corrected chi connectivity index (χ2v) is 7.33. The van der Waals surface area contributed by atoms with Crippen LogP contribution in [0.5, 0.6) is 0 Å². The van der Waals surface area contributed by atoms with Crippen LogP contribution in [0.4, 0.5) is 11.5 Å². The van der Waals surface area contributed by atoms with Crippen molar-refractivity contribution in [3.05, 3.63) is 20.8 Å². The Balaban J connectivity index is 0.000000359. The number of anilines is 2. The van der Waals surface area contributed by atoms with Crippen LogP contribution in [0.3, 0.4) is 0 Å². The molecule has 0 atom stereocenters. The van der Waals surface area contributed by atoms with E-state index in [2.05, 4.69) is 22.5 Å². The number of halogens is 2. The second-order valence-electron chi connectivity index (χ2n) is 6.00. The molecule has 0 radical (unpaired) electrons. The SMILES string of the molecule is CCCCCn1c2c(c(=O)[nH]c1=O)NC(Cl)(Cl)N2.NC(CO)(CO)CO. The molecule has 2 heterocycles. The fourth-order valence-electron chi connectivity index (χ4n) is 2.04. The van der Waals surface area contributed by atoms with Crippen LogP contribution in [0, 0.1) is 0 Å². The van der Waals surface area contributed by atoms with Crippen molar-refractivity contribution < 1.29 is 15.3 Å². The van der Waals surface area contributed by atoms with Crippen LogP contribution < -0.4 is 27.6 Å². The number of fused-ring (bicyclic) bond motifs is 1. The number of nitrogens with zero attached hydrogens (tertiary/aromatic N) is 1. The summed E-state index contributed by atoms with van der Waals surface area (Å²) in [6, 6.07) is 0. The number of H-pyrrole nitrogens is 1. The molecule has 0 aliphatic carbocycles. The predicted molar refractivity (Wildman–Crippen MR) is 101 cm³/mol. The third-order valence-electron chi connectivity index (χ3n) is 3.69. The van der Waals surface area contributed by atoms with Gasteiger partial charge in [0.25, 0.3) is 10.1 Å². The normalized spacial score (nSPS) is 14.7. The monoisotopic (exact) mass is 413 g/mol. The summed E-state index contributed by atoms with van der Waals surface area (Å²) in [7, 11) is 0. The van der Waals surface area contributed by atoms with Crippen LogP contribution >= 0.6 is 23.2 Å². The number of nitrogens with two attached hydrogens (primary N) is 1. The highest BCUT2D eigenvalue weighted by Gasteiger charge is 2.36. The highest BCUT2D eigenvalue weighted by Crippen LogP contribution is 2.35. The van der Waals surface area contributed by atoms with E-state index in [1.807, 2.05) is 0 Å². The molecular weight excluding hydrogens is 389 g/mol. The number of alkyl halides is 2. The lowest BCUT2D eigenvalue weighted by Gasteiger charge is -2.20.